The summed E-state index contributed by atoms with van der Waals surface area (Å²) in [6, 6.07) is 3.69. The summed E-state index contributed by atoms with van der Waals surface area (Å²) in [6.45, 7) is 2.47. The number of nitrogens with zero attached hydrogens (tertiary/aromatic N) is 2. The van der Waals surface area contributed by atoms with E-state index >= 15 is 0 Å². The lowest BCUT2D eigenvalue weighted by molar-refractivity contribution is -0.153. The van der Waals surface area contributed by atoms with Crippen LogP contribution in [0.25, 0.3) is 0 Å². The molecule has 1 unspecified atom stereocenters. The van der Waals surface area contributed by atoms with Gasteiger partial charge in [0.1, 0.15) is 0 Å². The molecule has 0 aliphatic carbocycles. The fourth-order valence-electron chi connectivity index (χ4n) is 2.20. The minimum Gasteiger partial charge on any atom is -0.456 e. The van der Waals surface area contributed by atoms with Crippen LogP contribution in [0.5, 0.6) is 0 Å². The lowest BCUT2D eigenvalue weighted by Gasteiger charge is -2.26. The van der Waals surface area contributed by atoms with Crippen molar-refractivity contribution in [3.05, 3.63) is 30.1 Å². The zero-order chi connectivity index (χ0) is 15.9. The highest BCUT2D eigenvalue weighted by molar-refractivity contribution is 5.87. The minimum atomic E-state index is -0.431. The Balaban J connectivity index is 1.75. The highest BCUT2D eigenvalue weighted by Crippen LogP contribution is 2.18. The van der Waals surface area contributed by atoms with Crippen LogP contribution in [0.3, 0.4) is 0 Å². The van der Waals surface area contributed by atoms with Gasteiger partial charge in [0.25, 0.3) is 5.91 Å². The first-order chi connectivity index (χ1) is 10.6. The largest absolute Gasteiger partial charge is 0.456 e. The van der Waals surface area contributed by atoms with Gasteiger partial charge in [-0.3, -0.25) is 19.4 Å². The maximum absolute atomic E-state index is 11.9. The van der Waals surface area contributed by atoms with E-state index in [4.69, 9.17) is 4.74 Å². The van der Waals surface area contributed by atoms with Crippen molar-refractivity contribution in [2.75, 3.05) is 26.2 Å². The zero-order valence-corrected chi connectivity index (χ0v) is 12.4. The van der Waals surface area contributed by atoms with Crippen molar-refractivity contribution in [2.45, 2.75) is 19.3 Å². The van der Waals surface area contributed by atoms with Crippen molar-refractivity contribution in [2.24, 2.45) is 0 Å². The highest BCUT2D eigenvalue weighted by atomic mass is 16.5. The van der Waals surface area contributed by atoms with Gasteiger partial charge >= 0.3 is 5.97 Å². The first-order valence-corrected chi connectivity index (χ1v) is 7.16. The van der Waals surface area contributed by atoms with Crippen LogP contribution in [0.1, 0.15) is 24.8 Å². The first-order valence-electron chi connectivity index (χ1n) is 7.16. The van der Waals surface area contributed by atoms with Crippen molar-refractivity contribution in [1.82, 2.24) is 15.2 Å². The number of rotatable bonds is 5. The van der Waals surface area contributed by atoms with Crippen molar-refractivity contribution in [1.29, 1.82) is 0 Å². The van der Waals surface area contributed by atoms with Gasteiger partial charge in [0, 0.05) is 25.5 Å². The normalized spacial score (nSPS) is 15.9. The van der Waals surface area contributed by atoms with Crippen LogP contribution in [-0.2, 0) is 19.1 Å². The second kappa shape index (κ2) is 7.53. The average Bonchev–Trinajstić information content (AvgIpc) is 2.53. The first kappa shape index (κ1) is 15.9. The quantitative estimate of drug-likeness (QED) is 0.778. The summed E-state index contributed by atoms with van der Waals surface area (Å²) < 4.78 is 5.01. The molecule has 118 valence electrons. The number of nitrogens with one attached hydrogen (secondary N) is 1. The summed E-state index contributed by atoms with van der Waals surface area (Å²) in [4.78, 5) is 40.2. The molecular weight excluding hydrogens is 286 g/mol. The van der Waals surface area contributed by atoms with E-state index in [9.17, 15) is 14.4 Å². The monoisotopic (exact) mass is 305 g/mol. The third-order valence-electron chi connectivity index (χ3n) is 3.50. The van der Waals surface area contributed by atoms with Gasteiger partial charge in [0.2, 0.25) is 5.91 Å². The lowest BCUT2D eigenvalue weighted by atomic mass is 9.99. The fourth-order valence-corrected chi connectivity index (χ4v) is 2.20. The third-order valence-corrected chi connectivity index (χ3v) is 3.50. The van der Waals surface area contributed by atoms with Crippen molar-refractivity contribution >= 4 is 17.8 Å². The molecule has 1 aliphatic rings. The van der Waals surface area contributed by atoms with Gasteiger partial charge in [-0.05, 0) is 23.6 Å². The predicted octanol–water partition coefficient (Wildman–Crippen LogP) is 0.0768. The Morgan fingerprint density at radius 1 is 1.41 bits per heavy atom. The van der Waals surface area contributed by atoms with Crippen LogP contribution in [0.15, 0.2) is 24.5 Å². The summed E-state index contributed by atoms with van der Waals surface area (Å²) in [5.74, 6) is -0.984. The Morgan fingerprint density at radius 3 is 2.82 bits per heavy atom. The Kier molecular flexibility index (Phi) is 5.46. The Morgan fingerprint density at radius 2 is 2.14 bits per heavy atom. The molecule has 1 atom stereocenters. The molecule has 2 rings (SSSR count). The molecule has 1 saturated heterocycles. The number of aromatic nitrogens is 1. The highest BCUT2D eigenvalue weighted by Gasteiger charge is 2.22. The molecule has 2 amide bonds. The van der Waals surface area contributed by atoms with E-state index in [0.29, 0.717) is 13.1 Å². The number of carbonyl (C=O) groups is 3. The number of hydrogen-bond acceptors (Lipinski definition) is 5. The van der Waals surface area contributed by atoms with Gasteiger partial charge in [-0.1, -0.05) is 6.92 Å². The molecule has 0 spiro atoms. The van der Waals surface area contributed by atoms with E-state index in [1.807, 2.05) is 19.1 Å². The summed E-state index contributed by atoms with van der Waals surface area (Å²) in [6.07, 6.45) is 3.53. The number of ether oxygens (including phenoxy) is 1. The number of carbonyl (C=O) groups excluding carboxylic acids is 3. The molecule has 0 saturated carbocycles. The van der Waals surface area contributed by atoms with Gasteiger partial charge < -0.3 is 15.0 Å². The molecule has 7 heteroatoms. The molecule has 0 aromatic carbocycles. The second-order valence-corrected chi connectivity index (χ2v) is 5.21. The predicted molar refractivity (Wildman–Crippen MR) is 77.8 cm³/mol. The van der Waals surface area contributed by atoms with E-state index in [-0.39, 0.29) is 37.3 Å². The average molecular weight is 305 g/mol. The molecule has 7 nitrogen and oxygen atoms in total. The topological polar surface area (TPSA) is 88.6 Å². The lowest BCUT2D eigenvalue weighted by Crippen LogP contribution is -2.51. The molecular formula is C15H19N3O4. The van der Waals surface area contributed by atoms with Crippen LogP contribution in [0, 0.1) is 0 Å². The van der Waals surface area contributed by atoms with Gasteiger partial charge in [0.05, 0.1) is 13.0 Å². The summed E-state index contributed by atoms with van der Waals surface area (Å²) in [5.41, 5.74) is 0.992. The molecule has 1 aromatic heterocycles. The molecule has 1 N–H and O–H groups in total. The summed E-state index contributed by atoms with van der Waals surface area (Å²) >= 11 is 0. The van der Waals surface area contributed by atoms with Gasteiger partial charge in [-0.25, -0.2) is 0 Å². The van der Waals surface area contributed by atoms with Crippen LogP contribution >= 0.6 is 0 Å². The second-order valence-electron chi connectivity index (χ2n) is 5.21. The van der Waals surface area contributed by atoms with Crippen LogP contribution in [0.4, 0.5) is 0 Å². The van der Waals surface area contributed by atoms with E-state index < -0.39 is 5.97 Å². The molecule has 1 aliphatic heterocycles. The number of amides is 2. The standard InChI is InChI=1S/C15H19N3O4/c1-11(12-2-4-16-5-3-12)8-15(21)22-10-14(20)18-7-6-17-13(19)9-18/h2-5,11H,6-10H2,1H3,(H,17,19). The van der Waals surface area contributed by atoms with E-state index in [2.05, 4.69) is 10.3 Å². The van der Waals surface area contributed by atoms with E-state index in [1.165, 1.54) is 4.90 Å². The Labute approximate surface area is 128 Å². The number of pyridine rings is 1. The van der Waals surface area contributed by atoms with Crippen molar-refractivity contribution in [3.8, 4) is 0 Å². The third kappa shape index (κ3) is 4.54. The number of esters is 1. The molecule has 2 heterocycles. The van der Waals surface area contributed by atoms with Crippen molar-refractivity contribution in [3.63, 3.8) is 0 Å². The Hall–Kier alpha value is -2.44. The maximum Gasteiger partial charge on any atom is 0.306 e. The van der Waals surface area contributed by atoms with Gasteiger partial charge in [0.15, 0.2) is 6.61 Å². The van der Waals surface area contributed by atoms with Crippen LogP contribution < -0.4 is 5.32 Å². The molecule has 22 heavy (non-hydrogen) atoms. The van der Waals surface area contributed by atoms with Gasteiger partial charge in [-0.15, -0.1) is 0 Å². The molecule has 0 bridgehead atoms. The summed E-state index contributed by atoms with van der Waals surface area (Å²) in [5, 5.41) is 2.63. The summed E-state index contributed by atoms with van der Waals surface area (Å²) in [7, 11) is 0. The fraction of sp³-hybridized carbons (Fsp3) is 0.467. The van der Waals surface area contributed by atoms with E-state index in [1.54, 1.807) is 12.4 Å². The maximum atomic E-state index is 11.9. The Bertz CT molecular complexity index is 547. The minimum absolute atomic E-state index is 0.00799. The number of piperazine rings is 1. The molecule has 1 fully saturated rings. The van der Waals surface area contributed by atoms with Crippen LogP contribution in [-0.4, -0.2) is 53.9 Å². The smallest absolute Gasteiger partial charge is 0.306 e. The van der Waals surface area contributed by atoms with Gasteiger partial charge in [-0.2, -0.15) is 0 Å². The van der Waals surface area contributed by atoms with Crippen LogP contribution in [0.2, 0.25) is 0 Å². The number of hydrogen-bond donors (Lipinski definition) is 1. The van der Waals surface area contributed by atoms with Crippen molar-refractivity contribution < 1.29 is 19.1 Å². The zero-order valence-electron chi connectivity index (χ0n) is 12.4. The molecule has 1 aromatic rings. The molecule has 0 radical (unpaired) electrons. The SMILES string of the molecule is CC(CC(=O)OCC(=O)N1CCNC(=O)C1)c1ccncc1. The van der Waals surface area contributed by atoms with E-state index in [0.717, 1.165) is 5.56 Å².